The van der Waals surface area contributed by atoms with Crippen LogP contribution in [0, 0.1) is 11.8 Å². The fraction of sp³-hybridized carbons (Fsp3) is 0.875. The van der Waals surface area contributed by atoms with Gasteiger partial charge >= 0.3 is 5.97 Å². The van der Waals surface area contributed by atoms with E-state index >= 15 is 0 Å². The van der Waals surface area contributed by atoms with Crippen LogP contribution in [0.4, 0.5) is 0 Å². The molecule has 3 heteroatoms. The van der Waals surface area contributed by atoms with Crippen LogP contribution in [0.5, 0.6) is 0 Å². The number of rotatable bonds is 4. The van der Waals surface area contributed by atoms with Gasteiger partial charge in [-0.05, 0) is 12.3 Å². The van der Waals surface area contributed by atoms with Crippen molar-refractivity contribution >= 4 is 5.97 Å². The van der Waals surface area contributed by atoms with E-state index in [-0.39, 0.29) is 6.04 Å². The zero-order valence-corrected chi connectivity index (χ0v) is 6.79. The van der Waals surface area contributed by atoms with E-state index in [1.54, 1.807) is 6.92 Å². The molecule has 1 fully saturated rings. The zero-order chi connectivity index (χ0) is 8.43. The van der Waals surface area contributed by atoms with Gasteiger partial charge in [-0.25, -0.2) is 0 Å². The minimum Gasteiger partial charge on any atom is -0.481 e. The van der Waals surface area contributed by atoms with Gasteiger partial charge < -0.3 is 10.8 Å². The van der Waals surface area contributed by atoms with Gasteiger partial charge in [0.25, 0.3) is 0 Å². The molecule has 0 aliphatic heterocycles. The summed E-state index contributed by atoms with van der Waals surface area (Å²) < 4.78 is 0. The summed E-state index contributed by atoms with van der Waals surface area (Å²) in [6.45, 7) is 1.68. The van der Waals surface area contributed by atoms with Crippen molar-refractivity contribution in [2.24, 2.45) is 17.6 Å². The maximum atomic E-state index is 10.5. The van der Waals surface area contributed by atoms with Crippen molar-refractivity contribution in [3.05, 3.63) is 0 Å². The lowest BCUT2D eigenvalue weighted by atomic mass is 9.98. The maximum absolute atomic E-state index is 10.5. The third kappa shape index (κ3) is 2.50. The van der Waals surface area contributed by atoms with Gasteiger partial charge in [0, 0.05) is 6.04 Å². The minimum atomic E-state index is -0.779. The van der Waals surface area contributed by atoms with E-state index in [2.05, 4.69) is 0 Å². The lowest BCUT2D eigenvalue weighted by Crippen LogP contribution is -2.33. The molecule has 0 aromatic carbocycles. The summed E-state index contributed by atoms with van der Waals surface area (Å²) in [6.07, 6.45) is 3.35. The number of aliphatic carboxylic acids is 1. The number of carbonyl (C=O) groups is 1. The Morgan fingerprint density at radius 3 is 2.64 bits per heavy atom. The lowest BCUT2D eigenvalue weighted by molar-refractivity contribution is -0.141. The van der Waals surface area contributed by atoms with Crippen molar-refractivity contribution in [1.29, 1.82) is 0 Å². The van der Waals surface area contributed by atoms with Crippen LogP contribution in [0.15, 0.2) is 0 Å². The van der Waals surface area contributed by atoms with Gasteiger partial charge in [-0.3, -0.25) is 4.79 Å². The summed E-state index contributed by atoms with van der Waals surface area (Å²) in [5.41, 5.74) is 5.68. The van der Waals surface area contributed by atoms with E-state index in [1.807, 2.05) is 0 Å². The predicted octanol–water partition coefficient (Wildman–Crippen LogP) is 0.834. The van der Waals surface area contributed by atoms with Gasteiger partial charge in [-0.2, -0.15) is 0 Å². The van der Waals surface area contributed by atoms with Crippen LogP contribution in [0.25, 0.3) is 0 Å². The van der Waals surface area contributed by atoms with Crippen LogP contribution in [0.3, 0.4) is 0 Å². The van der Waals surface area contributed by atoms with Gasteiger partial charge in [0.2, 0.25) is 0 Å². The molecule has 2 atom stereocenters. The molecule has 3 N–H and O–H groups in total. The van der Waals surface area contributed by atoms with Gasteiger partial charge in [0.1, 0.15) is 0 Å². The van der Waals surface area contributed by atoms with Gasteiger partial charge in [-0.15, -0.1) is 0 Å². The van der Waals surface area contributed by atoms with Gasteiger partial charge in [0.05, 0.1) is 5.92 Å². The molecule has 0 aromatic heterocycles. The number of hydrogen-bond donors (Lipinski definition) is 2. The predicted molar refractivity (Wildman–Crippen MR) is 42.1 cm³/mol. The molecule has 1 aliphatic rings. The molecule has 0 saturated heterocycles. The standard InChI is InChI=1S/C8H15NO2/c1-5(8(10)11)7(9)4-6-2-3-6/h5-7H,2-4,9H2,1H3,(H,10,11). The molecule has 0 amide bonds. The largest absolute Gasteiger partial charge is 0.481 e. The molecule has 11 heavy (non-hydrogen) atoms. The van der Waals surface area contributed by atoms with E-state index in [0.29, 0.717) is 5.92 Å². The van der Waals surface area contributed by atoms with Crippen molar-refractivity contribution in [3.8, 4) is 0 Å². The molecule has 64 valence electrons. The fourth-order valence-electron chi connectivity index (χ4n) is 1.13. The van der Waals surface area contributed by atoms with E-state index in [4.69, 9.17) is 10.8 Å². The molecule has 0 radical (unpaired) electrons. The Bertz CT molecular complexity index is 154. The van der Waals surface area contributed by atoms with Crippen molar-refractivity contribution in [3.63, 3.8) is 0 Å². The first-order valence-corrected chi connectivity index (χ1v) is 4.09. The molecule has 0 bridgehead atoms. The highest BCUT2D eigenvalue weighted by molar-refractivity contribution is 5.70. The second kappa shape index (κ2) is 3.22. The van der Waals surface area contributed by atoms with Gasteiger partial charge in [0.15, 0.2) is 0 Å². The smallest absolute Gasteiger partial charge is 0.307 e. The van der Waals surface area contributed by atoms with Crippen molar-refractivity contribution in [2.75, 3.05) is 0 Å². The van der Waals surface area contributed by atoms with Crippen molar-refractivity contribution in [1.82, 2.24) is 0 Å². The Hall–Kier alpha value is -0.570. The minimum absolute atomic E-state index is 0.153. The topological polar surface area (TPSA) is 63.3 Å². The molecule has 0 aromatic rings. The third-order valence-corrected chi connectivity index (χ3v) is 2.33. The first kappa shape index (κ1) is 8.53. The van der Waals surface area contributed by atoms with Crippen LogP contribution in [-0.4, -0.2) is 17.1 Å². The van der Waals surface area contributed by atoms with Crippen molar-refractivity contribution in [2.45, 2.75) is 32.2 Å². The molecule has 0 spiro atoms. The number of hydrogen-bond acceptors (Lipinski definition) is 2. The Kier molecular flexibility index (Phi) is 2.49. The van der Waals surface area contributed by atoms with E-state index in [0.717, 1.165) is 6.42 Å². The summed E-state index contributed by atoms with van der Waals surface area (Å²) in [5.74, 6) is -0.458. The SMILES string of the molecule is CC(C(=O)O)C(N)CC1CC1. The average molecular weight is 157 g/mol. The number of nitrogens with two attached hydrogens (primary N) is 1. The van der Waals surface area contributed by atoms with Gasteiger partial charge in [-0.1, -0.05) is 19.8 Å². The molecular formula is C8H15NO2. The normalized spacial score (nSPS) is 22.7. The average Bonchev–Trinajstić information content (AvgIpc) is 2.69. The van der Waals surface area contributed by atoms with Crippen LogP contribution < -0.4 is 5.73 Å². The quantitative estimate of drug-likeness (QED) is 0.635. The summed E-state index contributed by atoms with van der Waals surface area (Å²) >= 11 is 0. The Labute approximate surface area is 66.6 Å². The molecule has 2 unspecified atom stereocenters. The van der Waals surface area contributed by atoms with Crippen LogP contribution in [0.1, 0.15) is 26.2 Å². The monoisotopic (exact) mass is 157 g/mol. The zero-order valence-electron chi connectivity index (χ0n) is 6.79. The van der Waals surface area contributed by atoms with Crippen LogP contribution >= 0.6 is 0 Å². The number of carboxylic acid groups (broad SMARTS) is 1. The molecule has 1 rings (SSSR count). The highest BCUT2D eigenvalue weighted by atomic mass is 16.4. The fourth-order valence-corrected chi connectivity index (χ4v) is 1.13. The molecule has 3 nitrogen and oxygen atoms in total. The highest BCUT2D eigenvalue weighted by Crippen LogP contribution is 2.34. The van der Waals surface area contributed by atoms with E-state index in [1.165, 1.54) is 12.8 Å². The summed E-state index contributed by atoms with van der Waals surface area (Å²) in [4.78, 5) is 10.5. The second-order valence-corrected chi connectivity index (χ2v) is 3.47. The van der Waals surface area contributed by atoms with Crippen molar-refractivity contribution < 1.29 is 9.90 Å². The maximum Gasteiger partial charge on any atom is 0.307 e. The third-order valence-electron chi connectivity index (χ3n) is 2.33. The lowest BCUT2D eigenvalue weighted by Gasteiger charge is -2.14. The summed E-state index contributed by atoms with van der Waals surface area (Å²) in [7, 11) is 0. The second-order valence-electron chi connectivity index (χ2n) is 3.47. The first-order valence-electron chi connectivity index (χ1n) is 4.09. The van der Waals surface area contributed by atoms with E-state index < -0.39 is 11.9 Å². The van der Waals surface area contributed by atoms with Crippen LogP contribution in [-0.2, 0) is 4.79 Å². The molecule has 0 heterocycles. The van der Waals surface area contributed by atoms with E-state index in [9.17, 15) is 4.79 Å². The Morgan fingerprint density at radius 1 is 1.73 bits per heavy atom. The molecular weight excluding hydrogens is 142 g/mol. The Morgan fingerprint density at radius 2 is 2.27 bits per heavy atom. The Balaban J connectivity index is 2.26. The van der Waals surface area contributed by atoms with Crippen LogP contribution in [0.2, 0.25) is 0 Å². The molecule has 1 saturated carbocycles. The highest BCUT2D eigenvalue weighted by Gasteiger charge is 2.28. The summed E-state index contributed by atoms with van der Waals surface area (Å²) in [6, 6.07) is -0.153. The summed E-state index contributed by atoms with van der Waals surface area (Å²) in [5, 5.41) is 8.61. The molecule has 1 aliphatic carbocycles. The first-order chi connectivity index (χ1) is 5.11. The number of carboxylic acids is 1.